The van der Waals surface area contributed by atoms with Crippen LogP contribution in [0, 0.1) is 17.3 Å². The molecule has 0 aromatic heterocycles. The standard InChI is InChI=1S/C14H16O2S/c1-14(2)11(12(14)13(15)16)8-9-17-10-6-4-3-5-7-10/h3-9,11-12H,1-2H3,(H,15,16)/t11-,12-/m0/s1. The van der Waals surface area contributed by atoms with Gasteiger partial charge in [0.15, 0.2) is 0 Å². The molecule has 1 N–H and O–H groups in total. The highest BCUT2D eigenvalue weighted by Crippen LogP contribution is 2.59. The molecule has 1 fully saturated rings. The molecule has 1 saturated carbocycles. The van der Waals surface area contributed by atoms with Crippen molar-refractivity contribution in [1.29, 1.82) is 0 Å². The molecule has 2 atom stereocenters. The Kier molecular flexibility index (Phi) is 3.29. The van der Waals surface area contributed by atoms with Gasteiger partial charge in [-0.05, 0) is 28.9 Å². The highest BCUT2D eigenvalue weighted by molar-refractivity contribution is 8.02. The Balaban J connectivity index is 1.93. The third-order valence-corrected chi connectivity index (χ3v) is 4.25. The fourth-order valence-electron chi connectivity index (χ4n) is 2.21. The zero-order valence-electron chi connectivity index (χ0n) is 9.96. The van der Waals surface area contributed by atoms with Gasteiger partial charge in [-0.3, -0.25) is 4.79 Å². The van der Waals surface area contributed by atoms with Crippen LogP contribution in [0.25, 0.3) is 0 Å². The topological polar surface area (TPSA) is 37.3 Å². The van der Waals surface area contributed by atoms with Gasteiger partial charge in [0.25, 0.3) is 0 Å². The maximum atomic E-state index is 11.0. The van der Waals surface area contributed by atoms with Crippen molar-refractivity contribution in [2.45, 2.75) is 18.7 Å². The van der Waals surface area contributed by atoms with Gasteiger partial charge in [0.2, 0.25) is 0 Å². The summed E-state index contributed by atoms with van der Waals surface area (Å²) >= 11 is 1.63. The van der Waals surface area contributed by atoms with Crippen LogP contribution in [-0.2, 0) is 4.79 Å². The Morgan fingerprint density at radius 2 is 2.00 bits per heavy atom. The van der Waals surface area contributed by atoms with E-state index in [4.69, 9.17) is 5.11 Å². The fraction of sp³-hybridized carbons (Fsp3) is 0.357. The Morgan fingerprint density at radius 3 is 2.53 bits per heavy atom. The molecule has 2 rings (SSSR count). The van der Waals surface area contributed by atoms with E-state index >= 15 is 0 Å². The lowest BCUT2D eigenvalue weighted by molar-refractivity contribution is -0.139. The lowest BCUT2D eigenvalue weighted by Gasteiger charge is -1.97. The van der Waals surface area contributed by atoms with E-state index in [9.17, 15) is 4.79 Å². The molecule has 0 heterocycles. The summed E-state index contributed by atoms with van der Waals surface area (Å²) in [5.74, 6) is -0.749. The van der Waals surface area contributed by atoms with Gasteiger partial charge >= 0.3 is 5.97 Å². The molecule has 17 heavy (non-hydrogen) atoms. The minimum atomic E-state index is -0.686. The van der Waals surface area contributed by atoms with Crippen LogP contribution in [0.4, 0.5) is 0 Å². The van der Waals surface area contributed by atoms with Crippen LogP contribution < -0.4 is 0 Å². The van der Waals surface area contributed by atoms with Crippen LogP contribution in [0.3, 0.4) is 0 Å². The third kappa shape index (κ3) is 2.55. The van der Waals surface area contributed by atoms with E-state index in [1.165, 1.54) is 4.90 Å². The second kappa shape index (κ2) is 4.57. The first-order valence-electron chi connectivity index (χ1n) is 5.64. The number of thioether (sulfide) groups is 1. The van der Waals surface area contributed by atoms with Crippen molar-refractivity contribution < 1.29 is 9.90 Å². The molecule has 0 spiro atoms. The summed E-state index contributed by atoms with van der Waals surface area (Å²) < 4.78 is 0. The summed E-state index contributed by atoms with van der Waals surface area (Å²) in [7, 11) is 0. The monoisotopic (exact) mass is 248 g/mol. The van der Waals surface area contributed by atoms with E-state index < -0.39 is 5.97 Å². The smallest absolute Gasteiger partial charge is 0.307 e. The molecule has 1 aromatic rings. The van der Waals surface area contributed by atoms with Crippen molar-refractivity contribution in [1.82, 2.24) is 0 Å². The van der Waals surface area contributed by atoms with Gasteiger partial charge in [0, 0.05) is 4.90 Å². The van der Waals surface area contributed by atoms with Crippen LogP contribution in [0.5, 0.6) is 0 Å². The van der Waals surface area contributed by atoms with E-state index in [0.29, 0.717) is 0 Å². The van der Waals surface area contributed by atoms with E-state index in [2.05, 4.69) is 0 Å². The Hall–Kier alpha value is -1.22. The number of carbonyl (C=O) groups is 1. The molecule has 0 radical (unpaired) electrons. The predicted octanol–water partition coefficient (Wildman–Crippen LogP) is 3.65. The minimum absolute atomic E-state index is 0.0976. The molecule has 1 aromatic carbocycles. The van der Waals surface area contributed by atoms with E-state index in [1.54, 1.807) is 11.8 Å². The second-order valence-electron chi connectivity index (χ2n) is 4.92. The van der Waals surface area contributed by atoms with Gasteiger partial charge in [0.1, 0.15) is 0 Å². The molecule has 0 bridgehead atoms. The molecule has 3 heteroatoms. The van der Waals surface area contributed by atoms with Crippen LogP contribution in [0.2, 0.25) is 0 Å². The third-order valence-electron chi connectivity index (χ3n) is 3.41. The quantitative estimate of drug-likeness (QED) is 0.826. The SMILES string of the molecule is CC1(C)[C@H](C(=O)O)[C@@H]1C=CSc1ccccc1. The summed E-state index contributed by atoms with van der Waals surface area (Å²) in [5.41, 5.74) is -0.0976. The second-order valence-corrected chi connectivity index (χ2v) is 5.90. The van der Waals surface area contributed by atoms with Gasteiger partial charge < -0.3 is 5.11 Å². The van der Waals surface area contributed by atoms with Crippen LogP contribution >= 0.6 is 11.8 Å². The molecule has 0 amide bonds. The fourth-order valence-corrected chi connectivity index (χ4v) is 2.93. The van der Waals surface area contributed by atoms with E-state index in [1.807, 2.05) is 55.7 Å². The average Bonchev–Trinajstić information content (AvgIpc) is 2.82. The van der Waals surface area contributed by atoms with Gasteiger partial charge in [-0.1, -0.05) is 49.9 Å². The molecular formula is C14H16O2S. The first-order chi connectivity index (χ1) is 8.03. The summed E-state index contributed by atoms with van der Waals surface area (Å²) in [6.07, 6.45) is 2.02. The molecule has 90 valence electrons. The zero-order chi connectivity index (χ0) is 12.5. The Labute approximate surface area is 106 Å². The first-order valence-corrected chi connectivity index (χ1v) is 6.52. The summed E-state index contributed by atoms with van der Waals surface area (Å²) in [4.78, 5) is 12.2. The lowest BCUT2D eigenvalue weighted by atomic mass is 10.1. The minimum Gasteiger partial charge on any atom is -0.481 e. The molecule has 1 aliphatic rings. The van der Waals surface area contributed by atoms with Crippen LogP contribution in [0.15, 0.2) is 46.7 Å². The molecule has 0 saturated heterocycles. The Morgan fingerprint density at radius 1 is 1.35 bits per heavy atom. The summed E-state index contributed by atoms with van der Waals surface area (Å²) in [5, 5.41) is 11.0. The van der Waals surface area contributed by atoms with Gasteiger partial charge in [-0.25, -0.2) is 0 Å². The van der Waals surface area contributed by atoms with Crippen molar-refractivity contribution in [2.24, 2.45) is 17.3 Å². The van der Waals surface area contributed by atoms with Gasteiger partial charge in [0.05, 0.1) is 5.92 Å². The van der Waals surface area contributed by atoms with Crippen molar-refractivity contribution in [3.63, 3.8) is 0 Å². The highest BCUT2D eigenvalue weighted by atomic mass is 32.2. The van der Waals surface area contributed by atoms with Gasteiger partial charge in [-0.2, -0.15) is 0 Å². The van der Waals surface area contributed by atoms with Crippen molar-refractivity contribution in [2.75, 3.05) is 0 Å². The van der Waals surface area contributed by atoms with Crippen molar-refractivity contribution in [3.05, 3.63) is 41.8 Å². The largest absolute Gasteiger partial charge is 0.481 e. The number of benzene rings is 1. The number of rotatable bonds is 4. The molecule has 0 unspecified atom stereocenters. The van der Waals surface area contributed by atoms with Crippen molar-refractivity contribution in [3.8, 4) is 0 Å². The number of hydrogen-bond donors (Lipinski definition) is 1. The maximum absolute atomic E-state index is 11.0. The molecule has 1 aliphatic carbocycles. The van der Waals surface area contributed by atoms with Gasteiger partial charge in [-0.15, -0.1) is 0 Å². The number of allylic oxidation sites excluding steroid dienone is 1. The van der Waals surface area contributed by atoms with Crippen LogP contribution in [-0.4, -0.2) is 11.1 Å². The first kappa shape index (κ1) is 12.2. The predicted molar refractivity (Wildman–Crippen MR) is 69.8 cm³/mol. The van der Waals surface area contributed by atoms with Crippen LogP contribution in [0.1, 0.15) is 13.8 Å². The normalized spacial score (nSPS) is 26.0. The summed E-state index contributed by atoms with van der Waals surface area (Å²) in [6, 6.07) is 10.1. The summed E-state index contributed by atoms with van der Waals surface area (Å²) in [6.45, 7) is 4.02. The number of hydrogen-bond acceptors (Lipinski definition) is 2. The lowest BCUT2D eigenvalue weighted by Crippen LogP contribution is -2.02. The van der Waals surface area contributed by atoms with E-state index in [0.717, 1.165) is 0 Å². The highest BCUT2D eigenvalue weighted by Gasteiger charge is 2.60. The Bertz CT molecular complexity index is 437. The average molecular weight is 248 g/mol. The number of carboxylic acid groups (broad SMARTS) is 1. The molecule has 2 nitrogen and oxygen atoms in total. The van der Waals surface area contributed by atoms with E-state index in [-0.39, 0.29) is 17.3 Å². The van der Waals surface area contributed by atoms with Crippen molar-refractivity contribution >= 4 is 17.7 Å². The molecule has 0 aliphatic heterocycles. The maximum Gasteiger partial charge on any atom is 0.307 e. The number of aliphatic carboxylic acids is 1. The number of carboxylic acids is 1. The molecular weight excluding hydrogens is 232 g/mol. The zero-order valence-corrected chi connectivity index (χ0v) is 10.8.